The number of fused-ring (bicyclic) bond motifs is 1. The van der Waals surface area contributed by atoms with Crippen LogP contribution in [-0.2, 0) is 6.42 Å². The Morgan fingerprint density at radius 1 is 1.21 bits per heavy atom. The smallest absolute Gasteiger partial charge is 0.131 e. The van der Waals surface area contributed by atoms with Crippen LogP contribution in [-0.4, -0.2) is 26.2 Å². The van der Waals surface area contributed by atoms with Crippen LogP contribution in [0.2, 0.25) is 0 Å². The molecular formula is C14H19ClF2N2. The normalized spacial score (nSPS) is 19.2. The molecule has 2 aliphatic rings. The van der Waals surface area contributed by atoms with E-state index in [0.717, 1.165) is 50.8 Å². The summed E-state index contributed by atoms with van der Waals surface area (Å²) in [5, 5.41) is 3.34. The van der Waals surface area contributed by atoms with Crippen LogP contribution < -0.4 is 10.2 Å². The van der Waals surface area contributed by atoms with Gasteiger partial charge in [-0.1, -0.05) is 0 Å². The van der Waals surface area contributed by atoms with Gasteiger partial charge in [-0.15, -0.1) is 12.4 Å². The minimum atomic E-state index is -0.469. The quantitative estimate of drug-likeness (QED) is 0.900. The zero-order valence-electron chi connectivity index (χ0n) is 10.8. The van der Waals surface area contributed by atoms with Gasteiger partial charge in [0.2, 0.25) is 0 Å². The highest BCUT2D eigenvalue weighted by Gasteiger charge is 2.26. The van der Waals surface area contributed by atoms with Gasteiger partial charge in [-0.05, 0) is 44.3 Å². The van der Waals surface area contributed by atoms with E-state index in [2.05, 4.69) is 10.2 Å². The first-order chi connectivity index (χ1) is 8.74. The van der Waals surface area contributed by atoms with Gasteiger partial charge in [0.1, 0.15) is 11.6 Å². The van der Waals surface area contributed by atoms with E-state index in [4.69, 9.17) is 0 Å². The molecule has 0 bridgehead atoms. The third-order valence-corrected chi connectivity index (χ3v) is 4.05. The van der Waals surface area contributed by atoms with Crippen LogP contribution in [0.1, 0.15) is 18.4 Å². The number of nitrogens with one attached hydrogen (secondary N) is 1. The monoisotopic (exact) mass is 288 g/mol. The maximum Gasteiger partial charge on any atom is 0.131 e. The molecule has 1 fully saturated rings. The number of hydrogen-bond acceptors (Lipinski definition) is 2. The van der Waals surface area contributed by atoms with Gasteiger partial charge in [0.05, 0.1) is 0 Å². The fourth-order valence-corrected chi connectivity index (χ4v) is 3.05. The number of halogens is 3. The molecule has 2 nitrogen and oxygen atoms in total. The molecule has 0 atom stereocenters. The molecule has 0 radical (unpaired) electrons. The average Bonchev–Trinajstić information content (AvgIpc) is 2.74. The van der Waals surface area contributed by atoms with Gasteiger partial charge < -0.3 is 10.2 Å². The Morgan fingerprint density at radius 2 is 1.95 bits per heavy atom. The van der Waals surface area contributed by atoms with Crippen LogP contribution in [0, 0.1) is 17.6 Å². The summed E-state index contributed by atoms with van der Waals surface area (Å²) in [6, 6.07) is 2.47. The van der Waals surface area contributed by atoms with Crippen molar-refractivity contribution in [1.82, 2.24) is 5.32 Å². The lowest BCUT2D eigenvalue weighted by Gasteiger charge is -2.29. The fourth-order valence-electron chi connectivity index (χ4n) is 3.05. The summed E-state index contributed by atoms with van der Waals surface area (Å²) < 4.78 is 26.9. The van der Waals surface area contributed by atoms with Crippen molar-refractivity contribution in [3.05, 3.63) is 29.3 Å². The molecule has 2 aliphatic heterocycles. The third kappa shape index (κ3) is 3.00. The van der Waals surface area contributed by atoms with Crippen molar-refractivity contribution in [2.24, 2.45) is 5.92 Å². The van der Waals surface area contributed by atoms with Gasteiger partial charge in [0, 0.05) is 30.4 Å². The van der Waals surface area contributed by atoms with Gasteiger partial charge in [0.15, 0.2) is 0 Å². The first-order valence-electron chi connectivity index (χ1n) is 6.67. The zero-order chi connectivity index (χ0) is 12.5. The molecule has 0 amide bonds. The van der Waals surface area contributed by atoms with E-state index in [1.54, 1.807) is 0 Å². The van der Waals surface area contributed by atoms with E-state index in [0.29, 0.717) is 17.9 Å². The van der Waals surface area contributed by atoms with E-state index in [1.165, 1.54) is 6.07 Å². The highest BCUT2D eigenvalue weighted by Crippen LogP contribution is 2.32. The van der Waals surface area contributed by atoms with Crippen molar-refractivity contribution in [2.45, 2.75) is 19.3 Å². The van der Waals surface area contributed by atoms with Crippen molar-refractivity contribution in [2.75, 3.05) is 31.1 Å². The van der Waals surface area contributed by atoms with Gasteiger partial charge in [-0.25, -0.2) is 8.78 Å². The number of hydrogen-bond donors (Lipinski definition) is 1. The first-order valence-corrected chi connectivity index (χ1v) is 6.67. The topological polar surface area (TPSA) is 15.3 Å². The molecule has 5 heteroatoms. The number of anilines is 1. The van der Waals surface area contributed by atoms with Gasteiger partial charge in [0.25, 0.3) is 0 Å². The maximum atomic E-state index is 13.6. The highest BCUT2D eigenvalue weighted by molar-refractivity contribution is 5.85. The van der Waals surface area contributed by atoms with Crippen LogP contribution in [0.5, 0.6) is 0 Å². The minimum absolute atomic E-state index is 0. The molecule has 1 N–H and O–H groups in total. The molecule has 0 unspecified atom stereocenters. The standard InChI is InChI=1S/C14H18F2N2.ClH/c15-11-7-13(16)12-3-6-18(14(12)8-11)9-10-1-4-17-5-2-10;/h7-8,10,17H,1-6,9H2;1H. The predicted octanol–water partition coefficient (Wildman–Crippen LogP) is 2.75. The van der Waals surface area contributed by atoms with Crippen molar-refractivity contribution in [3.63, 3.8) is 0 Å². The molecule has 0 spiro atoms. The van der Waals surface area contributed by atoms with Crippen LogP contribution in [0.3, 0.4) is 0 Å². The number of rotatable bonds is 2. The van der Waals surface area contributed by atoms with Crippen LogP contribution in [0.4, 0.5) is 14.5 Å². The molecule has 0 aromatic heterocycles. The summed E-state index contributed by atoms with van der Waals surface area (Å²) in [5.74, 6) is -0.218. The SMILES string of the molecule is Cl.Fc1cc(F)c2c(c1)N(CC1CCNCC1)CC2. The first kappa shape index (κ1) is 14.5. The van der Waals surface area contributed by atoms with Crippen molar-refractivity contribution in [3.8, 4) is 0 Å². The van der Waals surface area contributed by atoms with E-state index in [1.807, 2.05) is 0 Å². The lowest BCUT2D eigenvalue weighted by atomic mass is 9.97. The Kier molecular flexibility index (Phi) is 4.63. The predicted molar refractivity (Wildman–Crippen MR) is 75.1 cm³/mol. The lowest BCUT2D eigenvalue weighted by molar-refractivity contribution is 0.375. The number of piperidine rings is 1. The summed E-state index contributed by atoms with van der Waals surface area (Å²) in [5.41, 5.74) is 1.45. The Morgan fingerprint density at radius 3 is 2.68 bits per heavy atom. The minimum Gasteiger partial charge on any atom is -0.371 e. The van der Waals surface area contributed by atoms with Crippen LogP contribution in [0.25, 0.3) is 0 Å². The average molecular weight is 289 g/mol. The Balaban J connectivity index is 0.00000133. The molecule has 0 saturated carbocycles. The highest BCUT2D eigenvalue weighted by atomic mass is 35.5. The molecule has 2 heterocycles. The molecule has 19 heavy (non-hydrogen) atoms. The number of nitrogens with zero attached hydrogens (tertiary/aromatic N) is 1. The Labute approximate surface area is 118 Å². The Bertz CT molecular complexity index is 447. The Hall–Kier alpha value is -0.870. The van der Waals surface area contributed by atoms with Gasteiger partial charge in [-0.3, -0.25) is 0 Å². The van der Waals surface area contributed by atoms with E-state index >= 15 is 0 Å². The maximum absolute atomic E-state index is 13.6. The second-order valence-electron chi connectivity index (χ2n) is 5.27. The van der Waals surface area contributed by atoms with Crippen molar-refractivity contribution < 1.29 is 8.78 Å². The van der Waals surface area contributed by atoms with Crippen molar-refractivity contribution in [1.29, 1.82) is 0 Å². The molecular weight excluding hydrogens is 270 g/mol. The molecule has 0 aliphatic carbocycles. The van der Waals surface area contributed by atoms with E-state index in [9.17, 15) is 8.78 Å². The summed E-state index contributed by atoms with van der Waals surface area (Å²) in [4.78, 5) is 2.15. The van der Waals surface area contributed by atoms with Crippen LogP contribution >= 0.6 is 12.4 Å². The largest absolute Gasteiger partial charge is 0.371 e. The van der Waals surface area contributed by atoms with Crippen molar-refractivity contribution >= 4 is 18.1 Å². The fraction of sp³-hybridized carbons (Fsp3) is 0.571. The molecule has 1 aromatic carbocycles. The lowest BCUT2D eigenvalue weighted by Crippen LogP contribution is -2.35. The second kappa shape index (κ2) is 6.06. The molecule has 1 saturated heterocycles. The summed E-state index contributed by atoms with van der Waals surface area (Å²) in [6.45, 7) is 3.86. The summed E-state index contributed by atoms with van der Waals surface area (Å²) in [7, 11) is 0. The third-order valence-electron chi connectivity index (χ3n) is 4.05. The summed E-state index contributed by atoms with van der Waals surface area (Å²) in [6.07, 6.45) is 3.01. The van der Waals surface area contributed by atoms with E-state index in [-0.39, 0.29) is 12.4 Å². The summed E-state index contributed by atoms with van der Waals surface area (Å²) >= 11 is 0. The van der Waals surface area contributed by atoms with E-state index < -0.39 is 11.6 Å². The zero-order valence-corrected chi connectivity index (χ0v) is 11.6. The number of benzene rings is 1. The second-order valence-corrected chi connectivity index (χ2v) is 5.27. The molecule has 106 valence electrons. The molecule has 1 aromatic rings. The van der Waals surface area contributed by atoms with Gasteiger partial charge >= 0.3 is 0 Å². The van der Waals surface area contributed by atoms with Crippen LogP contribution in [0.15, 0.2) is 12.1 Å². The molecule has 3 rings (SSSR count). The van der Waals surface area contributed by atoms with Gasteiger partial charge in [-0.2, -0.15) is 0 Å².